The Morgan fingerprint density at radius 3 is 2.29 bits per heavy atom. The van der Waals surface area contributed by atoms with Crippen LogP contribution in [0.1, 0.15) is 57.3 Å². The van der Waals surface area contributed by atoms with E-state index in [4.69, 9.17) is 4.74 Å². The van der Waals surface area contributed by atoms with E-state index in [0.29, 0.717) is 11.3 Å². The minimum absolute atomic E-state index is 0.0244. The summed E-state index contributed by atoms with van der Waals surface area (Å²) < 4.78 is 5.61. The van der Waals surface area contributed by atoms with Crippen LogP contribution in [0.15, 0.2) is 24.3 Å². The predicted molar refractivity (Wildman–Crippen MR) is 94.2 cm³/mol. The molecule has 2 atom stereocenters. The molecule has 0 spiro atoms. The van der Waals surface area contributed by atoms with Crippen LogP contribution in [0, 0.1) is 0 Å². The summed E-state index contributed by atoms with van der Waals surface area (Å²) in [6.07, 6.45) is 3.28. The van der Waals surface area contributed by atoms with Crippen LogP contribution >= 0.6 is 0 Å². The Bertz CT molecular complexity index is 558. The third-order valence-corrected chi connectivity index (χ3v) is 4.38. The Kier molecular flexibility index (Phi) is 6.23. The number of ether oxygens (including phenoxy) is 1. The average molecular weight is 332 g/mol. The molecule has 1 heterocycles. The molecule has 0 unspecified atom stereocenters. The Morgan fingerprint density at radius 2 is 1.75 bits per heavy atom. The van der Waals surface area contributed by atoms with Crippen LogP contribution in [0.2, 0.25) is 0 Å². The minimum Gasteiger partial charge on any atom is -0.484 e. The molecule has 1 saturated heterocycles. The van der Waals surface area contributed by atoms with Gasteiger partial charge in [0, 0.05) is 23.7 Å². The van der Waals surface area contributed by atoms with E-state index in [9.17, 15) is 9.59 Å². The molecule has 2 amide bonds. The van der Waals surface area contributed by atoms with E-state index < -0.39 is 0 Å². The van der Waals surface area contributed by atoms with Crippen molar-refractivity contribution in [2.24, 2.45) is 0 Å². The highest BCUT2D eigenvalue weighted by atomic mass is 16.5. The van der Waals surface area contributed by atoms with Crippen molar-refractivity contribution in [1.29, 1.82) is 0 Å². The molecule has 5 heteroatoms. The van der Waals surface area contributed by atoms with E-state index >= 15 is 0 Å². The average Bonchev–Trinajstić information content (AvgIpc) is 2.52. The second-order valence-corrected chi connectivity index (χ2v) is 6.87. The van der Waals surface area contributed by atoms with Gasteiger partial charge in [-0.1, -0.05) is 0 Å². The van der Waals surface area contributed by atoms with E-state index in [1.54, 1.807) is 24.3 Å². The molecule has 2 rings (SSSR count). The number of hydrogen-bond acceptors (Lipinski definition) is 3. The molecule has 1 fully saturated rings. The minimum atomic E-state index is -0.108. The lowest BCUT2D eigenvalue weighted by molar-refractivity contribution is -0.139. The first-order valence-corrected chi connectivity index (χ1v) is 8.73. The zero-order chi connectivity index (χ0) is 17.7. The Hall–Kier alpha value is -2.04. The molecule has 0 aliphatic carbocycles. The number of likely N-dealkylation sites (tertiary alicyclic amines) is 1. The van der Waals surface area contributed by atoms with Gasteiger partial charge in [-0.05, 0) is 71.2 Å². The van der Waals surface area contributed by atoms with E-state index in [0.717, 1.165) is 12.8 Å². The van der Waals surface area contributed by atoms with Crippen LogP contribution in [0.5, 0.6) is 5.75 Å². The molecule has 5 nitrogen and oxygen atoms in total. The summed E-state index contributed by atoms with van der Waals surface area (Å²) in [4.78, 5) is 26.3. The van der Waals surface area contributed by atoms with Gasteiger partial charge in [-0.15, -0.1) is 0 Å². The van der Waals surface area contributed by atoms with Crippen molar-refractivity contribution >= 4 is 11.8 Å². The van der Waals surface area contributed by atoms with Gasteiger partial charge in [-0.2, -0.15) is 0 Å². The van der Waals surface area contributed by atoms with Crippen LogP contribution in [0.4, 0.5) is 0 Å². The van der Waals surface area contributed by atoms with E-state index in [1.165, 1.54) is 6.42 Å². The number of hydrogen-bond donors (Lipinski definition) is 1. The first kappa shape index (κ1) is 18.3. The maximum Gasteiger partial charge on any atom is 0.260 e. The molecular weight excluding hydrogens is 304 g/mol. The zero-order valence-corrected chi connectivity index (χ0v) is 15.0. The van der Waals surface area contributed by atoms with Gasteiger partial charge in [0.25, 0.3) is 11.8 Å². The summed E-state index contributed by atoms with van der Waals surface area (Å²) in [5, 5.41) is 2.84. The zero-order valence-electron chi connectivity index (χ0n) is 15.0. The van der Waals surface area contributed by atoms with Gasteiger partial charge in [-0.3, -0.25) is 9.59 Å². The molecule has 0 bridgehead atoms. The molecule has 1 aromatic rings. The summed E-state index contributed by atoms with van der Waals surface area (Å²) in [6.45, 7) is 8.06. The number of nitrogens with one attached hydrogen (secondary N) is 1. The van der Waals surface area contributed by atoms with E-state index in [1.807, 2.05) is 18.7 Å². The molecule has 1 N–H and O–H groups in total. The number of benzene rings is 1. The highest BCUT2D eigenvalue weighted by Gasteiger charge is 2.28. The smallest absolute Gasteiger partial charge is 0.260 e. The molecule has 24 heavy (non-hydrogen) atoms. The van der Waals surface area contributed by atoms with Gasteiger partial charge in [0.15, 0.2) is 6.61 Å². The normalized spacial score (nSPS) is 20.8. The summed E-state index contributed by atoms with van der Waals surface area (Å²) in [5.74, 6) is 0.515. The number of piperidine rings is 1. The Balaban J connectivity index is 1.90. The molecule has 1 aliphatic heterocycles. The van der Waals surface area contributed by atoms with Crippen molar-refractivity contribution in [2.75, 3.05) is 6.61 Å². The van der Waals surface area contributed by atoms with Crippen molar-refractivity contribution in [1.82, 2.24) is 10.2 Å². The molecule has 0 saturated carbocycles. The molecule has 0 aromatic heterocycles. The summed E-state index contributed by atoms with van der Waals surface area (Å²) in [7, 11) is 0. The van der Waals surface area contributed by atoms with Crippen molar-refractivity contribution in [3.63, 3.8) is 0 Å². The van der Waals surface area contributed by atoms with Crippen LogP contribution in [0.3, 0.4) is 0 Å². The lowest BCUT2D eigenvalue weighted by Gasteiger charge is -2.38. The first-order chi connectivity index (χ1) is 11.4. The largest absolute Gasteiger partial charge is 0.484 e. The van der Waals surface area contributed by atoms with Crippen LogP contribution in [-0.4, -0.2) is 41.4 Å². The van der Waals surface area contributed by atoms with Gasteiger partial charge in [-0.25, -0.2) is 0 Å². The fourth-order valence-corrected chi connectivity index (χ4v) is 3.18. The van der Waals surface area contributed by atoms with Crippen LogP contribution < -0.4 is 10.1 Å². The van der Waals surface area contributed by atoms with E-state index in [2.05, 4.69) is 19.2 Å². The molecule has 1 aliphatic rings. The molecular formula is C19H28N2O3. The quantitative estimate of drug-likeness (QED) is 0.902. The Morgan fingerprint density at radius 1 is 1.17 bits per heavy atom. The maximum atomic E-state index is 12.4. The van der Waals surface area contributed by atoms with Crippen molar-refractivity contribution in [3.05, 3.63) is 29.8 Å². The Labute approximate surface area is 144 Å². The van der Waals surface area contributed by atoms with Crippen molar-refractivity contribution in [3.8, 4) is 5.75 Å². The number of carbonyl (C=O) groups excluding carboxylic acids is 2. The van der Waals surface area contributed by atoms with Gasteiger partial charge in [0.05, 0.1) is 0 Å². The SMILES string of the molecule is CC(C)NC(=O)c1ccc(OCC(=O)N2[C@@H](C)CCC[C@@H]2C)cc1. The maximum absolute atomic E-state index is 12.4. The molecule has 1 aromatic carbocycles. The lowest BCUT2D eigenvalue weighted by atomic mass is 9.97. The van der Waals surface area contributed by atoms with Gasteiger partial charge in [0.1, 0.15) is 5.75 Å². The topological polar surface area (TPSA) is 58.6 Å². The highest BCUT2D eigenvalue weighted by molar-refractivity contribution is 5.94. The number of rotatable bonds is 5. The van der Waals surface area contributed by atoms with Gasteiger partial charge < -0.3 is 15.0 Å². The fraction of sp³-hybridized carbons (Fsp3) is 0.579. The third kappa shape index (κ3) is 4.73. The standard InChI is InChI=1S/C19H28N2O3/c1-13(2)20-19(23)16-8-10-17(11-9-16)24-12-18(22)21-14(3)6-5-7-15(21)4/h8-11,13-15H,5-7,12H2,1-4H3,(H,20,23)/t14-,15-/m0/s1. The monoisotopic (exact) mass is 332 g/mol. The lowest BCUT2D eigenvalue weighted by Crippen LogP contribution is -2.49. The van der Waals surface area contributed by atoms with Crippen LogP contribution in [-0.2, 0) is 4.79 Å². The summed E-state index contributed by atoms with van der Waals surface area (Å²) >= 11 is 0. The molecule has 0 radical (unpaired) electrons. The molecule has 132 valence electrons. The second kappa shape index (κ2) is 8.18. The number of carbonyl (C=O) groups is 2. The van der Waals surface area contributed by atoms with Crippen molar-refractivity contribution < 1.29 is 14.3 Å². The summed E-state index contributed by atoms with van der Waals surface area (Å²) in [6, 6.07) is 7.52. The van der Waals surface area contributed by atoms with Crippen molar-refractivity contribution in [2.45, 2.75) is 65.1 Å². The highest BCUT2D eigenvalue weighted by Crippen LogP contribution is 2.22. The predicted octanol–water partition coefficient (Wildman–Crippen LogP) is 2.99. The van der Waals surface area contributed by atoms with Gasteiger partial charge >= 0.3 is 0 Å². The number of nitrogens with zero attached hydrogens (tertiary/aromatic N) is 1. The third-order valence-electron chi connectivity index (χ3n) is 4.38. The first-order valence-electron chi connectivity index (χ1n) is 8.73. The number of amides is 2. The summed E-state index contributed by atoms with van der Waals surface area (Å²) in [5.41, 5.74) is 0.584. The van der Waals surface area contributed by atoms with E-state index in [-0.39, 0.29) is 36.5 Å². The van der Waals surface area contributed by atoms with Crippen LogP contribution in [0.25, 0.3) is 0 Å². The second-order valence-electron chi connectivity index (χ2n) is 6.87. The van der Waals surface area contributed by atoms with Gasteiger partial charge in [0.2, 0.25) is 0 Å². The fourth-order valence-electron chi connectivity index (χ4n) is 3.18.